The summed E-state index contributed by atoms with van der Waals surface area (Å²) in [6.45, 7) is 3.16. The van der Waals surface area contributed by atoms with E-state index in [9.17, 15) is 9.59 Å². The molecule has 0 aliphatic carbocycles. The van der Waals surface area contributed by atoms with Crippen LogP contribution in [0.3, 0.4) is 0 Å². The second-order valence-electron chi connectivity index (χ2n) is 6.62. The van der Waals surface area contributed by atoms with Gasteiger partial charge in [0.2, 0.25) is 11.8 Å². The predicted octanol–water partition coefficient (Wildman–Crippen LogP) is 2.63. The molecule has 2 heterocycles. The minimum atomic E-state index is -0.290. The first-order valence-corrected chi connectivity index (χ1v) is 9.44. The number of carbonyl (C=O) groups excluding carboxylic acids is 2. The molecule has 0 unspecified atom stereocenters. The van der Waals surface area contributed by atoms with Crippen molar-refractivity contribution in [1.29, 1.82) is 0 Å². The van der Waals surface area contributed by atoms with Gasteiger partial charge in [-0.25, -0.2) is 0 Å². The molecule has 2 aromatic carbocycles. The van der Waals surface area contributed by atoms with E-state index in [1.165, 1.54) is 4.90 Å². The van der Waals surface area contributed by atoms with Crippen molar-refractivity contribution in [1.82, 2.24) is 10.1 Å². The van der Waals surface area contributed by atoms with Gasteiger partial charge in [0.1, 0.15) is 18.9 Å². The zero-order chi connectivity index (χ0) is 20.2. The highest BCUT2D eigenvalue weighted by molar-refractivity contribution is 5.95. The Morgan fingerprint density at radius 2 is 1.90 bits per heavy atom. The maximum atomic E-state index is 12.7. The molecule has 0 atom stereocenters. The molecule has 1 aliphatic rings. The van der Waals surface area contributed by atoms with Crippen LogP contribution in [0.2, 0.25) is 0 Å². The number of amides is 2. The van der Waals surface area contributed by atoms with Crippen molar-refractivity contribution in [2.75, 3.05) is 31.6 Å². The van der Waals surface area contributed by atoms with E-state index in [4.69, 9.17) is 14.0 Å². The van der Waals surface area contributed by atoms with E-state index in [-0.39, 0.29) is 24.8 Å². The third kappa shape index (κ3) is 4.16. The van der Waals surface area contributed by atoms with E-state index >= 15 is 0 Å². The van der Waals surface area contributed by atoms with Crippen LogP contribution in [0.25, 0.3) is 11.0 Å². The second-order valence-corrected chi connectivity index (χ2v) is 6.62. The number of nitrogens with zero attached hydrogens (tertiary/aromatic N) is 2. The molecule has 8 nitrogen and oxygen atoms in total. The highest BCUT2D eigenvalue weighted by Crippen LogP contribution is 2.32. The summed E-state index contributed by atoms with van der Waals surface area (Å²) in [6, 6.07) is 12.6. The fourth-order valence-electron chi connectivity index (χ4n) is 3.19. The molecule has 1 aliphatic heterocycles. The summed E-state index contributed by atoms with van der Waals surface area (Å²) in [5.41, 5.74) is 1.79. The van der Waals surface area contributed by atoms with Crippen LogP contribution in [0.1, 0.15) is 12.6 Å². The third-order valence-electron chi connectivity index (χ3n) is 4.67. The summed E-state index contributed by atoms with van der Waals surface area (Å²) in [5.74, 6) is 0.764. The zero-order valence-electron chi connectivity index (χ0n) is 16.0. The monoisotopic (exact) mass is 395 g/mol. The van der Waals surface area contributed by atoms with Crippen molar-refractivity contribution in [3.05, 3.63) is 48.2 Å². The molecule has 0 radical (unpaired) electrons. The normalized spacial score (nSPS) is 12.6. The van der Waals surface area contributed by atoms with Crippen molar-refractivity contribution in [2.24, 2.45) is 0 Å². The maximum absolute atomic E-state index is 12.7. The first-order chi connectivity index (χ1) is 14.1. The maximum Gasteiger partial charge on any atom is 0.243 e. The molecule has 0 fully saturated rings. The number of anilines is 1. The minimum absolute atomic E-state index is 0.0560. The molecule has 8 heteroatoms. The van der Waals surface area contributed by atoms with Crippen molar-refractivity contribution in [3.8, 4) is 11.5 Å². The highest BCUT2D eigenvalue weighted by Gasteiger charge is 2.20. The summed E-state index contributed by atoms with van der Waals surface area (Å²) < 4.78 is 16.2. The molecule has 0 spiro atoms. The van der Waals surface area contributed by atoms with Crippen molar-refractivity contribution in [2.45, 2.75) is 13.3 Å². The van der Waals surface area contributed by atoms with Gasteiger partial charge in [-0.3, -0.25) is 9.59 Å². The lowest BCUT2D eigenvalue weighted by Crippen LogP contribution is -2.38. The Morgan fingerprint density at radius 3 is 2.72 bits per heavy atom. The number of likely N-dealkylation sites (N-methyl/N-ethyl adjacent to an activating group) is 1. The number of carbonyl (C=O) groups is 2. The number of hydrogen-bond donors (Lipinski definition) is 1. The molecule has 2 amide bonds. The van der Waals surface area contributed by atoms with Gasteiger partial charge in [-0.15, -0.1) is 0 Å². The van der Waals surface area contributed by atoms with Crippen LogP contribution in [0.15, 0.2) is 47.0 Å². The Hall–Kier alpha value is -3.55. The second kappa shape index (κ2) is 8.22. The predicted molar refractivity (Wildman–Crippen MR) is 106 cm³/mol. The summed E-state index contributed by atoms with van der Waals surface area (Å²) in [7, 11) is 0. The molecule has 29 heavy (non-hydrogen) atoms. The standard InChI is InChI=1S/C21H21N3O5/c1-2-24(21(26)12-16-15-5-3-4-6-17(15)29-23-16)13-20(25)22-14-7-8-18-19(11-14)28-10-9-27-18/h3-8,11H,2,9-10,12-13H2,1H3,(H,22,25). The van der Waals surface area contributed by atoms with Crippen LogP contribution in [0.4, 0.5) is 5.69 Å². The molecule has 150 valence electrons. The first-order valence-electron chi connectivity index (χ1n) is 9.44. The van der Waals surface area contributed by atoms with Gasteiger partial charge in [0.05, 0.1) is 13.0 Å². The molecule has 4 rings (SSSR count). The molecule has 0 saturated carbocycles. The first kappa shape index (κ1) is 18.8. The molecular formula is C21H21N3O5. The number of fused-ring (bicyclic) bond motifs is 2. The minimum Gasteiger partial charge on any atom is -0.486 e. The van der Waals surface area contributed by atoms with E-state index in [1.54, 1.807) is 24.3 Å². The van der Waals surface area contributed by atoms with Crippen LogP contribution >= 0.6 is 0 Å². The van der Waals surface area contributed by atoms with Gasteiger partial charge in [0, 0.05) is 23.7 Å². The van der Waals surface area contributed by atoms with Gasteiger partial charge in [0.25, 0.3) is 0 Å². The Morgan fingerprint density at radius 1 is 1.10 bits per heavy atom. The van der Waals surface area contributed by atoms with Crippen LogP contribution < -0.4 is 14.8 Å². The average Bonchev–Trinajstić information content (AvgIpc) is 3.14. The van der Waals surface area contributed by atoms with E-state index in [0.717, 1.165) is 5.39 Å². The Bertz CT molecular complexity index is 1050. The smallest absolute Gasteiger partial charge is 0.243 e. The quantitative estimate of drug-likeness (QED) is 0.690. The van der Waals surface area contributed by atoms with Crippen LogP contribution in [-0.2, 0) is 16.0 Å². The van der Waals surface area contributed by atoms with Crippen molar-refractivity contribution in [3.63, 3.8) is 0 Å². The van der Waals surface area contributed by atoms with Crippen molar-refractivity contribution < 1.29 is 23.6 Å². The Labute approximate surface area is 167 Å². The number of nitrogens with one attached hydrogen (secondary N) is 1. The lowest BCUT2D eigenvalue weighted by molar-refractivity contribution is -0.133. The zero-order valence-corrected chi connectivity index (χ0v) is 16.0. The Kier molecular flexibility index (Phi) is 5.33. The third-order valence-corrected chi connectivity index (χ3v) is 4.67. The van der Waals surface area contributed by atoms with Gasteiger partial charge < -0.3 is 24.2 Å². The summed E-state index contributed by atoms with van der Waals surface area (Å²) in [5, 5.41) is 7.59. The van der Waals surface area contributed by atoms with E-state index in [2.05, 4.69) is 10.5 Å². The van der Waals surface area contributed by atoms with Gasteiger partial charge in [-0.1, -0.05) is 17.3 Å². The van der Waals surface area contributed by atoms with Crippen LogP contribution in [0.5, 0.6) is 11.5 Å². The Balaban J connectivity index is 1.39. The molecule has 3 aromatic rings. The number of aromatic nitrogens is 1. The topological polar surface area (TPSA) is 93.9 Å². The lowest BCUT2D eigenvalue weighted by Gasteiger charge is -2.21. The van der Waals surface area contributed by atoms with E-state index < -0.39 is 0 Å². The number of rotatable bonds is 6. The van der Waals surface area contributed by atoms with Gasteiger partial charge in [-0.2, -0.15) is 0 Å². The molecule has 0 saturated heterocycles. The lowest BCUT2D eigenvalue weighted by atomic mass is 10.1. The fourth-order valence-corrected chi connectivity index (χ4v) is 3.19. The number of para-hydroxylation sites is 1. The van der Waals surface area contributed by atoms with Gasteiger partial charge in [-0.05, 0) is 31.2 Å². The number of ether oxygens (including phenoxy) is 2. The van der Waals surface area contributed by atoms with E-state index in [0.29, 0.717) is 48.2 Å². The average molecular weight is 395 g/mol. The van der Waals surface area contributed by atoms with Crippen LogP contribution in [0, 0.1) is 0 Å². The molecule has 1 aromatic heterocycles. The SMILES string of the molecule is CCN(CC(=O)Nc1ccc2c(c1)OCCO2)C(=O)Cc1noc2ccccc12. The van der Waals surface area contributed by atoms with Gasteiger partial charge in [0.15, 0.2) is 17.1 Å². The molecule has 1 N–H and O–H groups in total. The molecule has 0 bridgehead atoms. The van der Waals surface area contributed by atoms with Crippen molar-refractivity contribution >= 4 is 28.5 Å². The fraction of sp³-hybridized carbons (Fsp3) is 0.286. The summed E-state index contributed by atoms with van der Waals surface area (Å²) >= 11 is 0. The van der Waals surface area contributed by atoms with Crippen LogP contribution in [-0.4, -0.2) is 48.2 Å². The van der Waals surface area contributed by atoms with E-state index in [1.807, 2.05) is 25.1 Å². The summed E-state index contributed by atoms with van der Waals surface area (Å²) in [4.78, 5) is 26.6. The van der Waals surface area contributed by atoms with Gasteiger partial charge >= 0.3 is 0 Å². The summed E-state index contributed by atoms with van der Waals surface area (Å²) in [6.07, 6.45) is 0.0716. The largest absolute Gasteiger partial charge is 0.486 e. The number of benzene rings is 2. The number of hydrogen-bond acceptors (Lipinski definition) is 6. The molecular weight excluding hydrogens is 374 g/mol. The highest BCUT2D eigenvalue weighted by atomic mass is 16.6.